The van der Waals surface area contributed by atoms with Crippen LogP contribution in [0.25, 0.3) is 0 Å². The van der Waals surface area contributed by atoms with E-state index >= 15 is 0 Å². The maximum Gasteiger partial charge on any atom is 0.416 e. The van der Waals surface area contributed by atoms with E-state index < -0.39 is 23.1 Å². The number of benzene rings is 1. The number of hydrogen-bond acceptors (Lipinski definition) is 3. The lowest BCUT2D eigenvalue weighted by Crippen LogP contribution is -2.29. The predicted octanol–water partition coefficient (Wildman–Crippen LogP) is 2.64. The number of alkyl halides is 3. The summed E-state index contributed by atoms with van der Waals surface area (Å²) in [4.78, 5) is 26.4. The molecule has 2 aromatic rings. The van der Waals surface area contributed by atoms with Crippen molar-refractivity contribution in [2.75, 3.05) is 7.11 Å². The second-order valence-corrected chi connectivity index (χ2v) is 5.10. The van der Waals surface area contributed by atoms with E-state index in [1.807, 2.05) is 0 Å². The first-order valence-corrected chi connectivity index (χ1v) is 6.94. The topological polar surface area (TPSA) is 71.2 Å². The Labute approximate surface area is 135 Å². The molecule has 128 valence electrons. The van der Waals surface area contributed by atoms with Gasteiger partial charge in [-0.2, -0.15) is 13.2 Å². The number of rotatable bonds is 4. The van der Waals surface area contributed by atoms with Crippen LogP contribution in [0.5, 0.6) is 5.75 Å². The Balaban J connectivity index is 2.22. The van der Waals surface area contributed by atoms with Gasteiger partial charge < -0.3 is 15.0 Å². The second kappa shape index (κ2) is 6.77. The molecule has 0 unspecified atom stereocenters. The van der Waals surface area contributed by atoms with Gasteiger partial charge in [0.25, 0.3) is 5.91 Å². The third kappa shape index (κ3) is 3.95. The molecule has 0 fully saturated rings. The highest BCUT2D eigenvalue weighted by Crippen LogP contribution is 2.34. The van der Waals surface area contributed by atoms with Gasteiger partial charge in [-0.15, -0.1) is 0 Å². The molecule has 24 heavy (non-hydrogen) atoms. The first kappa shape index (κ1) is 17.6. The molecule has 0 aliphatic carbocycles. The number of methoxy groups -OCH3 is 1. The van der Waals surface area contributed by atoms with Crippen LogP contribution in [0.15, 0.2) is 35.3 Å². The van der Waals surface area contributed by atoms with Crippen LogP contribution in [0.4, 0.5) is 13.2 Å². The van der Waals surface area contributed by atoms with Crippen LogP contribution in [0.2, 0.25) is 0 Å². The third-order valence-electron chi connectivity index (χ3n) is 3.36. The molecule has 0 aliphatic heterocycles. The summed E-state index contributed by atoms with van der Waals surface area (Å²) in [7, 11) is 1.26. The number of pyridine rings is 1. The minimum atomic E-state index is -4.59. The first-order valence-electron chi connectivity index (χ1n) is 6.94. The second-order valence-electron chi connectivity index (χ2n) is 5.10. The molecule has 2 rings (SSSR count). The quantitative estimate of drug-likeness (QED) is 0.899. The molecule has 2 N–H and O–H groups in total. The number of ether oxygens (including phenoxy) is 1. The number of amides is 1. The van der Waals surface area contributed by atoms with Crippen LogP contribution in [0.1, 0.15) is 27.2 Å². The van der Waals surface area contributed by atoms with Crippen molar-refractivity contribution in [2.45, 2.75) is 19.6 Å². The van der Waals surface area contributed by atoms with Crippen LogP contribution in [-0.4, -0.2) is 18.0 Å². The molecular weight excluding hydrogens is 325 g/mol. The van der Waals surface area contributed by atoms with Crippen molar-refractivity contribution in [1.29, 1.82) is 0 Å². The van der Waals surface area contributed by atoms with Crippen molar-refractivity contribution >= 4 is 5.91 Å². The van der Waals surface area contributed by atoms with Crippen molar-refractivity contribution in [3.05, 3.63) is 63.1 Å². The molecule has 0 saturated carbocycles. The maximum absolute atomic E-state index is 13.1. The Kier molecular flexibility index (Phi) is 4.96. The fraction of sp³-hybridized carbons (Fsp3) is 0.250. The smallest absolute Gasteiger partial charge is 0.416 e. The lowest BCUT2D eigenvalue weighted by atomic mass is 10.1. The highest BCUT2D eigenvalue weighted by atomic mass is 19.4. The predicted molar refractivity (Wildman–Crippen MR) is 81.0 cm³/mol. The number of aromatic amines is 1. The zero-order valence-corrected chi connectivity index (χ0v) is 13.0. The highest BCUT2D eigenvalue weighted by Gasteiger charge is 2.33. The van der Waals surface area contributed by atoms with Crippen molar-refractivity contribution in [3.8, 4) is 5.75 Å². The van der Waals surface area contributed by atoms with E-state index in [0.717, 1.165) is 6.07 Å². The summed E-state index contributed by atoms with van der Waals surface area (Å²) in [6, 6.07) is 4.69. The van der Waals surface area contributed by atoms with Crippen LogP contribution < -0.4 is 15.5 Å². The van der Waals surface area contributed by atoms with E-state index in [0.29, 0.717) is 5.69 Å². The lowest BCUT2D eigenvalue weighted by Gasteiger charge is -2.14. The Morgan fingerprint density at radius 1 is 1.29 bits per heavy atom. The van der Waals surface area contributed by atoms with Gasteiger partial charge in [-0.1, -0.05) is 6.07 Å². The summed E-state index contributed by atoms with van der Waals surface area (Å²) in [5.74, 6) is -0.687. The van der Waals surface area contributed by atoms with Crippen LogP contribution in [0, 0.1) is 6.92 Å². The number of H-pyrrole nitrogens is 1. The Morgan fingerprint density at radius 3 is 2.58 bits per heavy atom. The van der Waals surface area contributed by atoms with Crippen molar-refractivity contribution in [1.82, 2.24) is 10.3 Å². The van der Waals surface area contributed by atoms with Crippen LogP contribution >= 0.6 is 0 Å². The van der Waals surface area contributed by atoms with E-state index in [1.54, 1.807) is 6.92 Å². The zero-order chi connectivity index (χ0) is 17.9. The number of halogens is 3. The number of aryl methyl sites for hydroxylation is 1. The largest absolute Gasteiger partial charge is 0.497 e. The van der Waals surface area contributed by atoms with Gasteiger partial charge in [-0.25, -0.2) is 0 Å². The molecule has 0 spiro atoms. The molecule has 1 aromatic carbocycles. The number of aromatic nitrogens is 1. The molecule has 5 nitrogen and oxygen atoms in total. The van der Waals surface area contributed by atoms with Crippen molar-refractivity contribution in [3.63, 3.8) is 0 Å². The number of hydrogen-bond donors (Lipinski definition) is 2. The third-order valence-corrected chi connectivity index (χ3v) is 3.36. The highest BCUT2D eigenvalue weighted by molar-refractivity contribution is 5.93. The van der Waals surface area contributed by atoms with Gasteiger partial charge in [0, 0.05) is 24.5 Å². The maximum atomic E-state index is 13.1. The van der Waals surface area contributed by atoms with Crippen molar-refractivity contribution in [2.24, 2.45) is 0 Å². The van der Waals surface area contributed by atoms with Gasteiger partial charge in [-0.3, -0.25) is 9.59 Å². The molecule has 1 aromatic heterocycles. The molecule has 0 saturated heterocycles. The molecule has 0 radical (unpaired) electrons. The molecule has 1 heterocycles. The van der Waals surface area contributed by atoms with Gasteiger partial charge in [0.05, 0.1) is 12.7 Å². The normalized spacial score (nSPS) is 11.2. The van der Waals surface area contributed by atoms with E-state index in [4.69, 9.17) is 4.74 Å². The summed E-state index contributed by atoms with van der Waals surface area (Å²) < 4.78 is 44.1. The van der Waals surface area contributed by atoms with Crippen molar-refractivity contribution < 1.29 is 22.7 Å². The minimum Gasteiger partial charge on any atom is -0.497 e. The monoisotopic (exact) mass is 340 g/mol. The molecule has 0 atom stereocenters. The zero-order valence-electron chi connectivity index (χ0n) is 13.0. The van der Waals surface area contributed by atoms with Gasteiger partial charge in [0.15, 0.2) is 5.43 Å². The summed E-state index contributed by atoms with van der Waals surface area (Å²) in [5.41, 5.74) is -1.12. The van der Waals surface area contributed by atoms with E-state index in [2.05, 4.69) is 10.3 Å². The van der Waals surface area contributed by atoms with Gasteiger partial charge in [0.2, 0.25) is 0 Å². The van der Waals surface area contributed by atoms with Gasteiger partial charge in [0.1, 0.15) is 11.3 Å². The SMILES string of the molecule is COc1ccc(CNC(=O)c2c[nH]c(C)cc2=O)c(C(F)(F)F)c1. The lowest BCUT2D eigenvalue weighted by molar-refractivity contribution is -0.138. The Morgan fingerprint density at radius 2 is 2.00 bits per heavy atom. The summed E-state index contributed by atoms with van der Waals surface area (Å²) in [6.45, 7) is 1.28. The van der Waals surface area contributed by atoms with E-state index in [1.165, 1.54) is 31.5 Å². The number of nitrogens with one attached hydrogen (secondary N) is 2. The van der Waals surface area contributed by atoms with Gasteiger partial charge in [-0.05, 0) is 24.6 Å². The molecule has 0 aliphatic rings. The Bertz CT molecular complexity index is 813. The molecule has 0 bridgehead atoms. The molecular formula is C16H15F3N2O3. The average molecular weight is 340 g/mol. The first-order chi connectivity index (χ1) is 11.2. The summed E-state index contributed by atoms with van der Waals surface area (Å²) in [6.07, 6.45) is -3.36. The standard InChI is InChI=1S/C16H15F3N2O3/c1-9-5-14(22)12(8-20-9)15(23)21-7-10-3-4-11(24-2)6-13(10)16(17,18)19/h3-6,8H,7H2,1-2H3,(H,20,22)(H,21,23). The van der Waals surface area contributed by atoms with Crippen LogP contribution in [0.3, 0.4) is 0 Å². The van der Waals surface area contributed by atoms with E-state index in [9.17, 15) is 22.8 Å². The average Bonchev–Trinajstić information content (AvgIpc) is 2.51. The molecule has 8 heteroatoms. The fourth-order valence-corrected chi connectivity index (χ4v) is 2.12. The summed E-state index contributed by atoms with van der Waals surface area (Å²) >= 11 is 0. The van der Waals surface area contributed by atoms with E-state index in [-0.39, 0.29) is 23.4 Å². The number of carbonyl (C=O) groups excluding carboxylic acids is 1. The van der Waals surface area contributed by atoms with Crippen LogP contribution in [-0.2, 0) is 12.7 Å². The number of carbonyl (C=O) groups is 1. The summed E-state index contributed by atoms with van der Waals surface area (Å²) in [5, 5.41) is 2.33. The fourth-order valence-electron chi connectivity index (χ4n) is 2.12. The Hall–Kier alpha value is -2.77. The molecule has 1 amide bonds. The van der Waals surface area contributed by atoms with Gasteiger partial charge >= 0.3 is 6.18 Å². The minimum absolute atomic E-state index is 0.0624.